The van der Waals surface area contributed by atoms with Crippen LogP contribution in [0.5, 0.6) is 0 Å². The normalized spacial score (nSPS) is 10.6. The molecule has 0 aliphatic rings. The molecule has 0 bridgehead atoms. The van der Waals surface area contributed by atoms with Crippen LogP contribution in [0.4, 0.5) is 5.69 Å². The zero-order valence-corrected chi connectivity index (χ0v) is 12.4. The molecule has 0 radical (unpaired) electrons. The summed E-state index contributed by atoms with van der Waals surface area (Å²) >= 11 is 0. The zero-order chi connectivity index (χ0) is 13.2. The second-order valence-corrected chi connectivity index (χ2v) is 5.19. The van der Waals surface area contributed by atoms with Crippen LogP contribution in [0, 0.1) is 6.92 Å². The van der Waals surface area contributed by atoms with E-state index < -0.39 is 0 Å². The van der Waals surface area contributed by atoms with Gasteiger partial charge in [0, 0.05) is 12.2 Å². The second kappa shape index (κ2) is 9.02. The van der Waals surface area contributed by atoms with Crippen molar-refractivity contribution in [1.29, 1.82) is 0 Å². The van der Waals surface area contributed by atoms with E-state index in [1.807, 2.05) is 0 Å². The van der Waals surface area contributed by atoms with Crippen LogP contribution in [-0.4, -0.2) is 6.54 Å². The summed E-state index contributed by atoms with van der Waals surface area (Å²) < 4.78 is 0. The maximum Gasteiger partial charge on any atom is 0.0343 e. The molecule has 0 saturated carbocycles. The smallest absolute Gasteiger partial charge is 0.0343 e. The molecule has 0 atom stereocenters. The zero-order valence-electron chi connectivity index (χ0n) is 12.4. The van der Waals surface area contributed by atoms with E-state index in [1.54, 1.807) is 0 Å². The average Bonchev–Trinajstić information content (AvgIpc) is 2.38. The van der Waals surface area contributed by atoms with Gasteiger partial charge < -0.3 is 5.32 Å². The van der Waals surface area contributed by atoms with Crippen molar-refractivity contribution in [3.63, 3.8) is 0 Å². The molecule has 1 rings (SSSR count). The van der Waals surface area contributed by atoms with Crippen molar-refractivity contribution >= 4 is 5.69 Å². The summed E-state index contributed by atoms with van der Waals surface area (Å²) in [6.45, 7) is 7.79. The molecule has 0 aliphatic carbocycles. The summed E-state index contributed by atoms with van der Waals surface area (Å²) in [4.78, 5) is 0. The third-order valence-electron chi connectivity index (χ3n) is 3.58. The Morgan fingerprint density at radius 2 is 1.67 bits per heavy atom. The SMILES string of the molecule is CCCCCCCCNc1ccc(CC)c(C)c1. The number of unbranched alkanes of at least 4 members (excludes halogenated alkanes) is 5. The fourth-order valence-electron chi connectivity index (χ4n) is 2.34. The minimum atomic E-state index is 1.11. The van der Waals surface area contributed by atoms with Crippen molar-refractivity contribution in [2.24, 2.45) is 0 Å². The highest BCUT2D eigenvalue weighted by atomic mass is 14.9. The van der Waals surface area contributed by atoms with Gasteiger partial charge in [-0.15, -0.1) is 0 Å². The van der Waals surface area contributed by atoms with E-state index in [9.17, 15) is 0 Å². The predicted molar refractivity (Wildman–Crippen MR) is 82.4 cm³/mol. The standard InChI is InChI=1S/C17H29N/c1-4-6-7-8-9-10-13-18-17-12-11-16(5-2)15(3)14-17/h11-12,14,18H,4-10,13H2,1-3H3. The van der Waals surface area contributed by atoms with Crippen LogP contribution in [0.15, 0.2) is 18.2 Å². The van der Waals surface area contributed by atoms with Crippen molar-refractivity contribution in [3.8, 4) is 0 Å². The quantitative estimate of drug-likeness (QED) is 0.582. The third kappa shape index (κ3) is 5.57. The number of aryl methyl sites for hydroxylation is 2. The van der Waals surface area contributed by atoms with Crippen LogP contribution in [0.3, 0.4) is 0 Å². The molecule has 1 aromatic rings. The second-order valence-electron chi connectivity index (χ2n) is 5.19. The molecule has 0 fully saturated rings. The highest BCUT2D eigenvalue weighted by Gasteiger charge is 1.97. The van der Waals surface area contributed by atoms with E-state index >= 15 is 0 Å². The fourth-order valence-corrected chi connectivity index (χ4v) is 2.34. The Labute approximate surface area is 113 Å². The van der Waals surface area contributed by atoms with Crippen LogP contribution in [0.1, 0.15) is 63.5 Å². The van der Waals surface area contributed by atoms with E-state index in [0.29, 0.717) is 0 Å². The van der Waals surface area contributed by atoms with Gasteiger partial charge in [-0.3, -0.25) is 0 Å². The van der Waals surface area contributed by atoms with Gasteiger partial charge in [0.25, 0.3) is 0 Å². The topological polar surface area (TPSA) is 12.0 Å². The Balaban J connectivity index is 2.17. The van der Waals surface area contributed by atoms with Gasteiger partial charge in [0.2, 0.25) is 0 Å². The highest BCUT2D eigenvalue weighted by Crippen LogP contribution is 2.15. The van der Waals surface area contributed by atoms with Crippen LogP contribution >= 0.6 is 0 Å². The molecule has 0 heterocycles. The first-order valence-corrected chi connectivity index (χ1v) is 7.61. The van der Waals surface area contributed by atoms with Gasteiger partial charge in [-0.05, 0) is 43.0 Å². The Morgan fingerprint density at radius 3 is 2.33 bits per heavy atom. The monoisotopic (exact) mass is 247 g/mol. The van der Waals surface area contributed by atoms with Crippen molar-refractivity contribution in [1.82, 2.24) is 0 Å². The van der Waals surface area contributed by atoms with Gasteiger partial charge in [-0.2, -0.15) is 0 Å². The number of benzene rings is 1. The Kier molecular flexibility index (Phi) is 7.55. The van der Waals surface area contributed by atoms with Crippen LogP contribution in [0.25, 0.3) is 0 Å². The molecule has 1 aromatic carbocycles. The van der Waals surface area contributed by atoms with Crippen molar-refractivity contribution < 1.29 is 0 Å². The first kappa shape index (κ1) is 15.1. The molecule has 1 N–H and O–H groups in total. The molecule has 0 aromatic heterocycles. The molecule has 0 amide bonds. The molecular formula is C17H29N. The lowest BCUT2D eigenvalue weighted by molar-refractivity contribution is 0.617. The van der Waals surface area contributed by atoms with Gasteiger partial charge >= 0.3 is 0 Å². The third-order valence-corrected chi connectivity index (χ3v) is 3.58. The molecule has 0 spiro atoms. The van der Waals surface area contributed by atoms with E-state index in [1.165, 1.54) is 55.3 Å². The maximum atomic E-state index is 3.53. The summed E-state index contributed by atoms with van der Waals surface area (Å²) in [6, 6.07) is 6.73. The lowest BCUT2D eigenvalue weighted by Crippen LogP contribution is -2.02. The van der Waals surface area contributed by atoms with Crippen LogP contribution < -0.4 is 5.32 Å². The number of hydrogen-bond acceptors (Lipinski definition) is 1. The molecule has 1 nitrogen and oxygen atoms in total. The molecule has 1 heteroatoms. The largest absolute Gasteiger partial charge is 0.385 e. The molecule has 102 valence electrons. The highest BCUT2D eigenvalue weighted by molar-refractivity contribution is 5.48. The lowest BCUT2D eigenvalue weighted by Gasteiger charge is -2.09. The average molecular weight is 247 g/mol. The van der Waals surface area contributed by atoms with Gasteiger partial charge in [-0.25, -0.2) is 0 Å². The summed E-state index contributed by atoms with van der Waals surface area (Å²) in [5.41, 5.74) is 4.14. The van der Waals surface area contributed by atoms with Crippen LogP contribution in [-0.2, 0) is 6.42 Å². The van der Waals surface area contributed by atoms with Crippen LogP contribution in [0.2, 0.25) is 0 Å². The van der Waals surface area contributed by atoms with Crippen molar-refractivity contribution in [3.05, 3.63) is 29.3 Å². The fraction of sp³-hybridized carbons (Fsp3) is 0.647. The van der Waals surface area contributed by atoms with Gasteiger partial charge in [0.1, 0.15) is 0 Å². The summed E-state index contributed by atoms with van der Waals surface area (Å²) in [5, 5.41) is 3.53. The first-order chi connectivity index (χ1) is 8.77. The summed E-state index contributed by atoms with van der Waals surface area (Å²) in [6.07, 6.45) is 9.30. The van der Waals surface area contributed by atoms with E-state index in [0.717, 1.165) is 13.0 Å². The van der Waals surface area contributed by atoms with Crippen molar-refractivity contribution in [2.75, 3.05) is 11.9 Å². The Morgan fingerprint density at radius 1 is 0.944 bits per heavy atom. The number of hydrogen-bond donors (Lipinski definition) is 1. The molecule has 0 aliphatic heterocycles. The Bertz CT molecular complexity index is 330. The number of anilines is 1. The molecular weight excluding hydrogens is 218 g/mol. The van der Waals surface area contributed by atoms with E-state index in [4.69, 9.17) is 0 Å². The lowest BCUT2D eigenvalue weighted by atomic mass is 10.1. The Hall–Kier alpha value is -0.980. The summed E-state index contributed by atoms with van der Waals surface area (Å²) in [5.74, 6) is 0. The number of rotatable bonds is 9. The molecule has 0 unspecified atom stereocenters. The number of nitrogens with one attached hydrogen (secondary N) is 1. The van der Waals surface area contributed by atoms with Gasteiger partial charge in [0.05, 0.1) is 0 Å². The van der Waals surface area contributed by atoms with Gasteiger partial charge in [-0.1, -0.05) is 52.0 Å². The van der Waals surface area contributed by atoms with Crippen molar-refractivity contribution in [2.45, 2.75) is 65.7 Å². The predicted octanol–water partition coefficient (Wildman–Crippen LogP) is 5.33. The minimum Gasteiger partial charge on any atom is -0.385 e. The molecule has 18 heavy (non-hydrogen) atoms. The summed E-state index contributed by atoms with van der Waals surface area (Å²) in [7, 11) is 0. The minimum absolute atomic E-state index is 1.11. The molecule has 0 saturated heterocycles. The van der Waals surface area contributed by atoms with E-state index in [-0.39, 0.29) is 0 Å². The first-order valence-electron chi connectivity index (χ1n) is 7.61. The van der Waals surface area contributed by atoms with Gasteiger partial charge in [0.15, 0.2) is 0 Å². The van der Waals surface area contributed by atoms with E-state index in [2.05, 4.69) is 44.3 Å². The maximum absolute atomic E-state index is 3.53.